The van der Waals surface area contributed by atoms with Gasteiger partial charge in [-0.2, -0.15) is 0 Å². The van der Waals surface area contributed by atoms with Crippen molar-refractivity contribution in [1.29, 1.82) is 0 Å². The molecule has 0 aromatic heterocycles. The highest BCUT2D eigenvalue weighted by Gasteiger charge is 2.72. The van der Waals surface area contributed by atoms with Gasteiger partial charge >= 0.3 is 6.09 Å². The summed E-state index contributed by atoms with van der Waals surface area (Å²) in [5, 5.41) is 0. The average Bonchev–Trinajstić information content (AvgIpc) is 3.64. The summed E-state index contributed by atoms with van der Waals surface area (Å²) in [5.41, 5.74) is 1.09. The van der Waals surface area contributed by atoms with E-state index in [4.69, 9.17) is 23.7 Å². The van der Waals surface area contributed by atoms with Crippen LogP contribution in [-0.2, 0) is 23.7 Å². The minimum absolute atomic E-state index is 0.0591. The Hall–Kier alpha value is -1.15. The lowest BCUT2D eigenvalue weighted by Crippen LogP contribution is -2.57. The van der Waals surface area contributed by atoms with E-state index in [-0.39, 0.29) is 41.5 Å². The molecule has 4 saturated heterocycles. The molecule has 0 aromatic carbocycles. The predicted molar refractivity (Wildman–Crippen MR) is 114 cm³/mol. The molecule has 5 fully saturated rings. The number of hydrogen-bond acceptors (Lipinski definition) is 6. The van der Waals surface area contributed by atoms with Gasteiger partial charge in [-0.15, -0.1) is 0 Å². The van der Waals surface area contributed by atoms with E-state index in [9.17, 15) is 4.79 Å². The molecule has 2 spiro atoms. The summed E-state index contributed by atoms with van der Waals surface area (Å²) in [7, 11) is 1.72. The maximum absolute atomic E-state index is 13.0. The highest BCUT2D eigenvalue weighted by molar-refractivity contribution is 5.68. The lowest BCUT2D eigenvalue weighted by molar-refractivity contribution is -0.143. The SMILES string of the molecule is CO[C@@H]1[C@H](OC(=O)N2CCC3(CC2)COC3)CC[C@]2(CO2)[C@H]1[C@@]1(C)O[C@@H]1CC=C(C)C. The van der Waals surface area contributed by atoms with Crippen molar-refractivity contribution in [2.45, 2.75) is 82.4 Å². The zero-order chi connectivity index (χ0) is 21.9. The van der Waals surface area contributed by atoms with Crippen molar-refractivity contribution in [3.8, 4) is 0 Å². The Labute approximate surface area is 185 Å². The Morgan fingerprint density at radius 3 is 2.42 bits per heavy atom. The predicted octanol–water partition coefficient (Wildman–Crippen LogP) is 3.31. The molecule has 4 heterocycles. The minimum atomic E-state index is -0.310. The molecule has 0 bridgehead atoms. The van der Waals surface area contributed by atoms with Crippen molar-refractivity contribution >= 4 is 6.09 Å². The van der Waals surface area contributed by atoms with Crippen LogP contribution in [0.2, 0.25) is 0 Å². The molecule has 1 aliphatic carbocycles. The molecule has 1 amide bonds. The number of carbonyl (C=O) groups is 1. The zero-order valence-electron chi connectivity index (χ0n) is 19.4. The van der Waals surface area contributed by atoms with Gasteiger partial charge in [0, 0.05) is 25.6 Å². The van der Waals surface area contributed by atoms with E-state index in [1.54, 1.807) is 7.11 Å². The number of rotatable bonds is 5. The van der Waals surface area contributed by atoms with E-state index in [0.29, 0.717) is 5.41 Å². The van der Waals surface area contributed by atoms with Gasteiger partial charge in [0.2, 0.25) is 0 Å². The van der Waals surface area contributed by atoms with Crippen molar-refractivity contribution in [2.24, 2.45) is 11.3 Å². The Morgan fingerprint density at radius 1 is 1.16 bits per heavy atom. The fourth-order valence-electron chi connectivity index (χ4n) is 6.12. The van der Waals surface area contributed by atoms with Gasteiger partial charge < -0.3 is 28.6 Å². The van der Waals surface area contributed by atoms with Crippen molar-refractivity contribution in [1.82, 2.24) is 4.90 Å². The van der Waals surface area contributed by atoms with Crippen LogP contribution in [0.5, 0.6) is 0 Å². The molecule has 0 aromatic rings. The zero-order valence-corrected chi connectivity index (χ0v) is 19.4. The van der Waals surface area contributed by atoms with Gasteiger partial charge in [-0.3, -0.25) is 0 Å². The number of allylic oxidation sites excluding steroid dienone is 1. The van der Waals surface area contributed by atoms with Crippen LogP contribution < -0.4 is 0 Å². The second-order valence-electron chi connectivity index (χ2n) is 10.8. The van der Waals surface area contributed by atoms with Gasteiger partial charge in [-0.1, -0.05) is 11.6 Å². The van der Waals surface area contributed by atoms with Crippen LogP contribution in [-0.4, -0.2) is 80.5 Å². The molecule has 5 rings (SSSR count). The van der Waals surface area contributed by atoms with Gasteiger partial charge in [0.1, 0.15) is 23.4 Å². The third-order valence-corrected chi connectivity index (χ3v) is 8.39. The number of amides is 1. The molecule has 6 atom stereocenters. The van der Waals surface area contributed by atoms with Crippen LogP contribution in [0.3, 0.4) is 0 Å². The van der Waals surface area contributed by atoms with Gasteiger partial charge in [0.15, 0.2) is 0 Å². The van der Waals surface area contributed by atoms with Gasteiger partial charge in [-0.25, -0.2) is 4.79 Å². The van der Waals surface area contributed by atoms with E-state index < -0.39 is 0 Å². The molecule has 7 nitrogen and oxygen atoms in total. The summed E-state index contributed by atoms with van der Waals surface area (Å²) < 4.78 is 29.7. The fourth-order valence-corrected chi connectivity index (χ4v) is 6.12. The van der Waals surface area contributed by atoms with Crippen molar-refractivity contribution in [3.05, 3.63) is 11.6 Å². The van der Waals surface area contributed by atoms with Crippen LogP contribution in [0.25, 0.3) is 0 Å². The van der Waals surface area contributed by atoms with E-state index in [0.717, 1.165) is 65.0 Å². The summed E-state index contributed by atoms with van der Waals surface area (Å²) in [6.45, 7) is 10.3. The Balaban J connectivity index is 1.25. The standard InChI is InChI=1S/C24H37NO6/c1-16(2)5-6-18-22(3,31-18)20-19(27-4)17(7-8-24(20)15-29-24)30-21(26)25-11-9-23(10-12-25)13-28-14-23/h5,17-20H,6-15H2,1-4H3/t17-,18-,19-,20-,22+,24+/m1/s1. The number of piperidine rings is 1. The maximum atomic E-state index is 13.0. The minimum Gasteiger partial charge on any atom is -0.443 e. The molecular weight excluding hydrogens is 398 g/mol. The molecule has 0 unspecified atom stereocenters. The van der Waals surface area contributed by atoms with Gasteiger partial charge in [0.25, 0.3) is 0 Å². The number of likely N-dealkylation sites (tertiary alicyclic amines) is 1. The van der Waals surface area contributed by atoms with Crippen LogP contribution in [0.4, 0.5) is 4.79 Å². The maximum Gasteiger partial charge on any atom is 0.410 e. The van der Waals surface area contributed by atoms with E-state index in [2.05, 4.69) is 26.8 Å². The first-order valence-corrected chi connectivity index (χ1v) is 11.8. The Bertz CT molecular complexity index is 730. The number of ether oxygens (including phenoxy) is 5. The fraction of sp³-hybridized carbons (Fsp3) is 0.875. The lowest BCUT2D eigenvalue weighted by atomic mass is 9.68. The van der Waals surface area contributed by atoms with E-state index in [1.165, 1.54) is 5.57 Å². The van der Waals surface area contributed by atoms with Crippen LogP contribution >= 0.6 is 0 Å². The molecule has 174 valence electrons. The number of nitrogens with zero attached hydrogens (tertiary/aromatic N) is 1. The highest BCUT2D eigenvalue weighted by Crippen LogP contribution is 2.59. The number of epoxide rings is 2. The lowest BCUT2D eigenvalue weighted by Gasteiger charge is -2.47. The van der Waals surface area contributed by atoms with E-state index >= 15 is 0 Å². The largest absolute Gasteiger partial charge is 0.443 e. The summed E-state index contributed by atoms with van der Waals surface area (Å²) in [4.78, 5) is 14.8. The molecule has 0 radical (unpaired) electrons. The topological polar surface area (TPSA) is 73.1 Å². The van der Waals surface area contributed by atoms with Gasteiger partial charge in [0.05, 0.1) is 31.8 Å². The van der Waals surface area contributed by atoms with Crippen molar-refractivity contribution in [2.75, 3.05) is 40.0 Å². The van der Waals surface area contributed by atoms with Gasteiger partial charge in [-0.05, 0) is 52.9 Å². The van der Waals surface area contributed by atoms with Crippen LogP contribution in [0, 0.1) is 11.3 Å². The Morgan fingerprint density at radius 2 is 1.87 bits per heavy atom. The second-order valence-corrected chi connectivity index (χ2v) is 10.8. The molecule has 4 aliphatic heterocycles. The molecule has 31 heavy (non-hydrogen) atoms. The normalized spacial score (nSPS) is 42.8. The first-order valence-electron chi connectivity index (χ1n) is 11.8. The summed E-state index contributed by atoms with van der Waals surface area (Å²) in [6, 6.07) is 0. The third kappa shape index (κ3) is 3.81. The smallest absolute Gasteiger partial charge is 0.410 e. The average molecular weight is 436 g/mol. The van der Waals surface area contributed by atoms with Crippen LogP contribution in [0.1, 0.15) is 52.9 Å². The van der Waals surface area contributed by atoms with Crippen LogP contribution in [0.15, 0.2) is 11.6 Å². The summed E-state index contributed by atoms with van der Waals surface area (Å²) in [6.07, 6.45) is 6.21. The summed E-state index contributed by atoms with van der Waals surface area (Å²) in [5.74, 6) is 0.0591. The molecule has 7 heteroatoms. The molecule has 5 aliphatic rings. The quantitative estimate of drug-likeness (QED) is 0.487. The first kappa shape index (κ1) is 21.7. The molecule has 0 N–H and O–H groups in total. The molecular formula is C24H37NO6. The number of methoxy groups -OCH3 is 1. The second kappa shape index (κ2) is 7.72. The summed E-state index contributed by atoms with van der Waals surface area (Å²) >= 11 is 0. The number of carbonyl (C=O) groups excluding carboxylic acids is 1. The first-order chi connectivity index (χ1) is 14.8. The van der Waals surface area contributed by atoms with E-state index in [1.807, 2.05) is 4.90 Å². The number of hydrogen-bond donors (Lipinski definition) is 0. The molecule has 1 saturated carbocycles. The highest BCUT2D eigenvalue weighted by atomic mass is 16.6. The van der Waals surface area contributed by atoms with Crippen molar-refractivity contribution in [3.63, 3.8) is 0 Å². The monoisotopic (exact) mass is 435 g/mol. The Kier molecular flexibility index (Phi) is 5.40. The third-order valence-electron chi connectivity index (χ3n) is 8.39. The van der Waals surface area contributed by atoms with Crippen molar-refractivity contribution < 1.29 is 28.5 Å².